The van der Waals surface area contributed by atoms with Crippen LogP contribution in [-0.4, -0.2) is 12.5 Å². The minimum Gasteiger partial charge on any atom is -0.490 e. The lowest BCUT2D eigenvalue weighted by Crippen LogP contribution is -2.24. The molecule has 2 aromatic carbocycles. The van der Waals surface area contributed by atoms with Crippen LogP contribution in [-0.2, 0) is 11.3 Å². The summed E-state index contributed by atoms with van der Waals surface area (Å²) in [5.74, 6) is -1.00. The van der Waals surface area contributed by atoms with Crippen LogP contribution in [0.15, 0.2) is 48.5 Å². The highest BCUT2D eigenvalue weighted by Gasteiger charge is 2.06. The molecular formula is C16H15F2NO2. The van der Waals surface area contributed by atoms with E-state index in [2.05, 4.69) is 5.32 Å². The number of nitrogens with one attached hydrogen (secondary N) is 1. The number of halogens is 2. The number of para-hydroxylation sites is 1. The van der Waals surface area contributed by atoms with Gasteiger partial charge in [0.25, 0.3) is 0 Å². The van der Waals surface area contributed by atoms with Gasteiger partial charge in [-0.25, -0.2) is 8.78 Å². The van der Waals surface area contributed by atoms with Gasteiger partial charge in [-0.1, -0.05) is 30.3 Å². The van der Waals surface area contributed by atoms with E-state index in [9.17, 15) is 13.6 Å². The zero-order valence-corrected chi connectivity index (χ0v) is 11.3. The molecule has 0 bridgehead atoms. The van der Waals surface area contributed by atoms with Crippen LogP contribution in [0, 0.1) is 11.6 Å². The summed E-state index contributed by atoms with van der Waals surface area (Å²) in [6.45, 7) is 0.176. The Balaban J connectivity index is 1.73. The van der Waals surface area contributed by atoms with Crippen LogP contribution >= 0.6 is 0 Å². The number of rotatable bonds is 6. The van der Waals surface area contributed by atoms with Crippen molar-refractivity contribution in [1.82, 2.24) is 5.32 Å². The van der Waals surface area contributed by atoms with E-state index < -0.39 is 5.82 Å². The number of hydrogen-bond donors (Lipinski definition) is 1. The van der Waals surface area contributed by atoms with Gasteiger partial charge in [-0.3, -0.25) is 4.79 Å². The van der Waals surface area contributed by atoms with E-state index in [0.29, 0.717) is 5.56 Å². The molecule has 110 valence electrons. The number of amides is 1. The maximum Gasteiger partial charge on any atom is 0.223 e. The van der Waals surface area contributed by atoms with Gasteiger partial charge in [0, 0.05) is 12.1 Å². The molecule has 2 aromatic rings. The lowest BCUT2D eigenvalue weighted by atomic mass is 10.2. The Morgan fingerprint density at radius 2 is 1.67 bits per heavy atom. The third-order valence-electron chi connectivity index (χ3n) is 2.86. The number of ether oxygens (including phenoxy) is 1. The monoisotopic (exact) mass is 291 g/mol. The third kappa shape index (κ3) is 4.56. The van der Waals surface area contributed by atoms with Gasteiger partial charge < -0.3 is 10.1 Å². The molecule has 0 heterocycles. The molecule has 0 aliphatic rings. The number of carbonyl (C=O) groups excluding carboxylic acids is 1. The fourth-order valence-corrected chi connectivity index (χ4v) is 1.74. The Morgan fingerprint density at radius 3 is 2.38 bits per heavy atom. The summed E-state index contributed by atoms with van der Waals surface area (Å²) in [6, 6.07) is 12.2. The maximum absolute atomic E-state index is 13.3. The van der Waals surface area contributed by atoms with Crippen LogP contribution in [0.2, 0.25) is 0 Å². The molecule has 21 heavy (non-hydrogen) atoms. The molecule has 0 atom stereocenters. The maximum atomic E-state index is 13.3. The molecule has 0 fully saturated rings. The average molecular weight is 291 g/mol. The molecule has 0 aromatic heterocycles. The van der Waals surface area contributed by atoms with Crippen molar-refractivity contribution in [3.63, 3.8) is 0 Å². The molecule has 0 saturated carbocycles. The SMILES string of the molecule is O=C(CCOc1ccccc1F)NCc1ccccc1F. The number of benzene rings is 2. The van der Waals surface area contributed by atoms with Crippen molar-refractivity contribution in [2.75, 3.05) is 6.61 Å². The Bertz CT molecular complexity index is 617. The standard InChI is InChI=1S/C16H15F2NO2/c17-13-6-2-1-5-12(13)11-19-16(20)9-10-21-15-8-4-3-7-14(15)18/h1-8H,9-11H2,(H,19,20). The predicted octanol–water partition coefficient (Wildman–Crippen LogP) is 3.05. The van der Waals surface area contributed by atoms with E-state index >= 15 is 0 Å². The molecule has 3 nitrogen and oxygen atoms in total. The fraction of sp³-hybridized carbons (Fsp3) is 0.188. The lowest BCUT2D eigenvalue weighted by Gasteiger charge is -2.08. The summed E-state index contributed by atoms with van der Waals surface area (Å²) < 4.78 is 31.8. The van der Waals surface area contributed by atoms with Gasteiger partial charge in [-0.2, -0.15) is 0 Å². The van der Waals surface area contributed by atoms with E-state index in [4.69, 9.17) is 4.74 Å². The van der Waals surface area contributed by atoms with Crippen molar-refractivity contribution >= 4 is 5.91 Å². The Hall–Kier alpha value is -2.43. The molecular weight excluding hydrogens is 276 g/mol. The van der Waals surface area contributed by atoms with Crippen LogP contribution in [0.3, 0.4) is 0 Å². The van der Waals surface area contributed by atoms with Crippen LogP contribution < -0.4 is 10.1 Å². The number of carbonyl (C=O) groups is 1. The summed E-state index contributed by atoms with van der Waals surface area (Å²) >= 11 is 0. The minimum absolute atomic E-state index is 0.0596. The van der Waals surface area contributed by atoms with Crippen molar-refractivity contribution in [2.24, 2.45) is 0 Å². The van der Waals surface area contributed by atoms with Crippen LogP contribution in [0.1, 0.15) is 12.0 Å². The molecule has 0 aliphatic carbocycles. The molecule has 0 aliphatic heterocycles. The first kappa shape index (κ1) is 15.0. The molecule has 0 spiro atoms. The zero-order valence-electron chi connectivity index (χ0n) is 11.3. The normalized spacial score (nSPS) is 10.2. The van der Waals surface area contributed by atoms with Gasteiger partial charge in [0.05, 0.1) is 13.0 Å². The van der Waals surface area contributed by atoms with E-state index in [1.165, 1.54) is 18.2 Å². The quantitative estimate of drug-likeness (QED) is 0.888. The second-order valence-corrected chi connectivity index (χ2v) is 4.40. The first-order valence-electron chi connectivity index (χ1n) is 6.54. The molecule has 1 N–H and O–H groups in total. The first-order valence-corrected chi connectivity index (χ1v) is 6.54. The van der Waals surface area contributed by atoms with Crippen molar-refractivity contribution in [3.8, 4) is 5.75 Å². The van der Waals surface area contributed by atoms with E-state index in [0.717, 1.165) is 0 Å². The van der Waals surface area contributed by atoms with Crippen molar-refractivity contribution in [1.29, 1.82) is 0 Å². The molecule has 1 amide bonds. The highest BCUT2D eigenvalue weighted by molar-refractivity contribution is 5.76. The van der Waals surface area contributed by atoms with Gasteiger partial charge in [-0.05, 0) is 18.2 Å². The highest BCUT2D eigenvalue weighted by Crippen LogP contribution is 2.15. The lowest BCUT2D eigenvalue weighted by molar-refractivity contribution is -0.121. The van der Waals surface area contributed by atoms with Gasteiger partial charge in [0.2, 0.25) is 5.91 Å². The molecule has 0 unspecified atom stereocenters. The molecule has 0 saturated heterocycles. The fourth-order valence-electron chi connectivity index (χ4n) is 1.74. The Kier molecular flexibility index (Phi) is 5.26. The molecule has 2 rings (SSSR count). The van der Waals surface area contributed by atoms with Gasteiger partial charge in [0.15, 0.2) is 11.6 Å². The average Bonchev–Trinajstić information content (AvgIpc) is 2.48. The smallest absolute Gasteiger partial charge is 0.223 e. The highest BCUT2D eigenvalue weighted by atomic mass is 19.1. The predicted molar refractivity (Wildman–Crippen MR) is 74.8 cm³/mol. The summed E-state index contributed by atoms with van der Waals surface area (Å²) in [4.78, 5) is 11.6. The molecule has 5 heteroatoms. The Morgan fingerprint density at radius 1 is 1.00 bits per heavy atom. The van der Waals surface area contributed by atoms with Crippen molar-refractivity contribution < 1.29 is 18.3 Å². The second-order valence-electron chi connectivity index (χ2n) is 4.40. The second kappa shape index (κ2) is 7.38. The van der Waals surface area contributed by atoms with Gasteiger partial charge in [-0.15, -0.1) is 0 Å². The van der Waals surface area contributed by atoms with E-state index in [-0.39, 0.29) is 37.0 Å². The van der Waals surface area contributed by atoms with Gasteiger partial charge in [0.1, 0.15) is 5.82 Å². The first-order chi connectivity index (χ1) is 10.2. The number of hydrogen-bond acceptors (Lipinski definition) is 2. The van der Waals surface area contributed by atoms with Crippen LogP contribution in [0.4, 0.5) is 8.78 Å². The summed E-state index contributed by atoms with van der Waals surface area (Å²) in [7, 11) is 0. The summed E-state index contributed by atoms with van der Waals surface area (Å²) in [5, 5.41) is 2.59. The largest absolute Gasteiger partial charge is 0.490 e. The van der Waals surface area contributed by atoms with Crippen LogP contribution in [0.25, 0.3) is 0 Å². The summed E-state index contributed by atoms with van der Waals surface area (Å²) in [6.07, 6.45) is 0.0722. The van der Waals surface area contributed by atoms with E-state index in [1.54, 1.807) is 30.3 Å². The van der Waals surface area contributed by atoms with Gasteiger partial charge >= 0.3 is 0 Å². The van der Waals surface area contributed by atoms with Crippen LogP contribution in [0.5, 0.6) is 5.75 Å². The zero-order chi connectivity index (χ0) is 15.1. The van der Waals surface area contributed by atoms with Crippen molar-refractivity contribution in [2.45, 2.75) is 13.0 Å². The topological polar surface area (TPSA) is 38.3 Å². The van der Waals surface area contributed by atoms with E-state index in [1.807, 2.05) is 0 Å². The Labute approximate surface area is 121 Å². The molecule has 0 radical (unpaired) electrons. The third-order valence-corrected chi connectivity index (χ3v) is 2.86. The minimum atomic E-state index is -0.468. The van der Waals surface area contributed by atoms with Crippen molar-refractivity contribution in [3.05, 3.63) is 65.7 Å². The summed E-state index contributed by atoms with van der Waals surface area (Å²) in [5.41, 5.74) is 0.417.